The second-order valence-electron chi connectivity index (χ2n) is 3.90. The minimum Gasteiger partial charge on any atom is -0.390 e. The molecule has 0 bridgehead atoms. The molecule has 2 aromatic heterocycles. The molecule has 8 heteroatoms. The van der Waals surface area contributed by atoms with Crippen LogP contribution in [0.2, 0.25) is 0 Å². The number of pyridine rings is 1. The lowest BCUT2D eigenvalue weighted by Gasteiger charge is -2.06. The molecule has 2 heterocycles. The number of nitrogens with zero attached hydrogens (tertiary/aromatic N) is 2. The number of aliphatic hydroxyl groups is 1. The fourth-order valence-corrected chi connectivity index (χ4v) is 2.70. The van der Waals surface area contributed by atoms with E-state index < -0.39 is 15.8 Å². The number of anilines is 1. The highest BCUT2D eigenvalue weighted by Crippen LogP contribution is 2.19. The van der Waals surface area contributed by atoms with Crippen molar-refractivity contribution >= 4 is 15.7 Å². The Bertz CT molecular complexity index is 697. The second kappa shape index (κ2) is 4.98. The minimum atomic E-state index is -3.90. The van der Waals surface area contributed by atoms with E-state index in [1.165, 1.54) is 29.1 Å². The summed E-state index contributed by atoms with van der Waals surface area (Å²) in [5.74, 6) is -0.760. The Morgan fingerprint density at radius 1 is 1.53 bits per heavy atom. The summed E-state index contributed by atoms with van der Waals surface area (Å²) in [5.41, 5.74) is 0.264. The summed E-state index contributed by atoms with van der Waals surface area (Å²) in [5, 5.41) is 9.03. The molecular weight excluding hydrogens is 273 g/mol. The number of halogens is 1. The number of aryl methyl sites for hydroxylation is 1. The zero-order chi connectivity index (χ0) is 14.0. The lowest BCUT2D eigenvalue weighted by molar-refractivity contribution is 0.272. The predicted molar refractivity (Wildman–Crippen MR) is 66.3 cm³/mol. The van der Waals surface area contributed by atoms with E-state index >= 15 is 0 Å². The molecule has 0 aliphatic rings. The maximum Gasteiger partial charge on any atom is 0.263 e. The van der Waals surface area contributed by atoms with Crippen LogP contribution in [0.5, 0.6) is 0 Å². The Balaban J connectivity index is 2.35. The molecule has 0 spiro atoms. The van der Waals surface area contributed by atoms with Crippen LogP contribution in [0.25, 0.3) is 0 Å². The molecule has 0 aromatic carbocycles. The molecular formula is C11H12FN3O3S. The van der Waals surface area contributed by atoms with Crippen molar-refractivity contribution in [1.82, 2.24) is 9.55 Å². The Morgan fingerprint density at radius 3 is 2.84 bits per heavy atom. The van der Waals surface area contributed by atoms with Gasteiger partial charge in [0.15, 0.2) is 5.82 Å². The van der Waals surface area contributed by atoms with Gasteiger partial charge in [-0.25, -0.2) is 12.8 Å². The van der Waals surface area contributed by atoms with Crippen molar-refractivity contribution in [2.24, 2.45) is 7.05 Å². The Morgan fingerprint density at radius 2 is 2.26 bits per heavy atom. The van der Waals surface area contributed by atoms with Crippen LogP contribution < -0.4 is 4.72 Å². The summed E-state index contributed by atoms with van der Waals surface area (Å²) in [7, 11) is -2.29. The van der Waals surface area contributed by atoms with Crippen molar-refractivity contribution in [3.05, 3.63) is 42.2 Å². The molecule has 0 atom stereocenters. The van der Waals surface area contributed by atoms with Crippen molar-refractivity contribution in [3.8, 4) is 0 Å². The van der Waals surface area contributed by atoms with E-state index in [9.17, 15) is 12.8 Å². The molecule has 0 aliphatic carbocycles. The standard InChI is InChI=1S/C11H12FN3O3S/c1-15-6-9(4-8(15)7-16)19(17,18)14-11-2-3-13-5-10(11)12/h2-6,16H,7H2,1H3,(H,13,14). The van der Waals surface area contributed by atoms with Gasteiger partial charge in [-0.05, 0) is 12.1 Å². The van der Waals surface area contributed by atoms with E-state index in [1.807, 2.05) is 0 Å². The van der Waals surface area contributed by atoms with Crippen LogP contribution in [0.15, 0.2) is 35.6 Å². The molecule has 19 heavy (non-hydrogen) atoms. The Kier molecular flexibility index (Phi) is 3.54. The first-order valence-corrected chi connectivity index (χ1v) is 6.81. The molecule has 102 valence electrons. The van der Waals surface area contributed by atoms with Crippen LogP contribution in [-0.4, -0.2) is 23.1 Å². The molecule has 0 radical (unpaired) electrons. The van der Waals surface area contributed by atoms with Gasteiger partial charge in [-0.1, -0.05) is 0 Å². The van der Waals surface area contributed by atoms with Gasteiger partial charge in [-0.3, -0.25) is 9.71 Å². The maximum absolute atomic E-state index is 13.4. The van der Waals surface area contributed by atoms with Gasteiger partial charge in [-0.2, -0.15) is 0 Å². The van der Waals surface area contributed by atoms with E-state index in [0.717, 1.165) is 6.20 Å². The third-order valence-corrected chi connectivity index (χ3v) is 3.90. The van der Waals surface area contributed by atoms with Crippen LogP contribution in [0, 0.1) is 5.82 Å². The van der Waals surface area contributed by atoms with Crippen LogP contribution in [0.4, 0.5) is 10.1 Å². The fourth-order valence-electron chi connectivity index (χ4n) is 1.54. The van der Waals surface area contributed by atoms with Crippen molar-refractivity contribution in [2.45, 2.75) is 11.5 Å². The largest absolute Gasteiger partial charge is 0.390 e. The average molecular weight is 285 g/mol. The molecule has 2 rings (SSSR count). The first kappa shape index (κ1) is 13.5. The van der Waals surface area contributed by atoms with Gasteiger partial charge in [0, 0.05) is 25.1 Å². The molecule has 6 nitrogen and oxygen atoms in total. The lowest BCUT2D eigenvalue weighted by atomic mass is 10.4. The monoisotopic (exact) mass is 285 g/mol. The molecule has 0 aliphatic heterocycles. The zero-order valence-electron chi connectivity index (χ0n) is 10.0. The van der Waals surface area contributed by atoms with E-state index in [2.05, 4.69) is 9.71 Å². The van der Waals surface area contributed by atoms with Crippen LogP contribution in [0.1, 0.15) is 5.69 Å². The van der Waals surface area contributed by atoms with Gasteiger partial charge in [0.2, 0.25) is 0 Å². The molecule has 0 saturated carbocycles. The Hall–Kier alpha value is -1.93. The molecule has 0 amide bonds. The number of aliphatic hydroxyl groups excluding tert-OH is 1. The number of rotatable bonds is 4. The quantitative estimate of drug-likeness (QED) is 0.872. The van der Waals surface area contributed by atoms with Gasteiger partial charge in [0.1, 0.15) is 4.90 Å². The number of hydrogen-bond donors (Lipinski definition) is 2. The van der Waals surface area contributed by atoms with Crippen molar-refractivity contribution in [3.63, 3.8) is 0 Å². The molecule has 0 unspecified atom stereocenters. The highest BCUT2D eigenvalue weighted by molar-refractivity contribution is 7.92. The highest BCUT2D eigenvalue weighted by Gasteiger charge is 2.19. The second-order valence-corrected chi connectivity index (χ2v) is 5.58. The van der Waals surface area contributed by atoms with Crippen molar-refractivity contribution in [1.29, 1.82) is 0 Å². The first-order valence-electron chi connectivity index (χ1n) is 5.32. The molecule has 0 saturated heterocycles. The van der Waals surface area contributed by atoms with Crippen molar-refractivity contribution < 1.29 is 17.9 Å². The summed E-state index contributed by atoms with van der Waals surface area (Å²) >= 11 is 0. The van der Waals surface area contributed by atoms with Gasteiger partial charge >= 0.3 is 0 Å². The van der Waals surface area contributed by atoms with E-state index in [0.29, 0.717) is 5.69 Å². The predicted octanol–water partition coefficient (Wildman–Crippen LogP) is 0.852. The van der Waals surface area contributed by atoms with Crippen LogP contribution in [-0.2, 0) is 23.7 Å². The minimum absolute atomic E-state index is 0.0461. The third kappa shape index (κ3) is 2.74. The van der Waals surface area contributed by atoms with E-state index in [4.69, 9.17) is 5.11 Å². The SMILES string of the molecule is Cn1cc(S(=O)(=O)Nc2ccncc2F)cc1CO. The number of hydrogen-bond acceptors (Lipinski definition) is 4. The Labute approximate surface area is 109 Å². The first-order chi connectivity index (χ1) is 8.94. The average Bonchev–Trinajstić information content (AvgIpc) is 2.74. The van der Waals surface area contributed by atoms with Crippen LogP contribution >= 0.6 is 0 Å². The van der Waals surface area contributed by atoms with Gasteiger partial charge < -0.3 is 9.67 Å². The third-order valence-electron chi connectivity index (χ3n) is 2.57. The summed E-state index contributed by atoms with van der Waals surface area (Å²) in [6, 6.07) is 2.55. The number of aromatic nitrogens is 2. The summed E-state index contributed by atoms with van der Waals surface area (Å²) in [6.45, 7) is -0.282. The normalized spacial score (nSPS) is 11.5. The van der Waals surface area contributed by atoms with Crippen molar-refractivity contribution in [2.75, 3.05) is 4.72 Å². The summed E-state index contributed by atoms with van der Waals surface area (Å²) < 4.78 is 41.0. The highest BCUT2D eigenvalue weighted by atomic mass is 32.2. The zero-order valence-corrected chi connectivity index (χ0v) is 10.9. The lowest BCUT2D eigenvalue weighted by Crippen LogP contribution is -2.13. The van der Waals surface area contributed by atoms with E-state index in [-0.39, 0.29) is 17.2 Å². The summed E-state index contributed by atoms with van der Waals surface area (Å²) in [4.78, 5) is 3.49. The van der Waals surface area contributed by atoms with Gasteiger partial charge in [-0.15, -0.1) is 0 Å². The maximum atomic E-state index is 13.4. The van der Waals surface area contributed by atoms with E-state index in [1.54, 1.807) is 7.05 Å². The van der Waals surface area contributed by atoms with Gasteiger partial charge in [0.25, 0.3) is 10.0 Å². The fraction of sp³-hybridized carbons (Fsp3) is 0.182. The van der Waals surface area contributed by atoms with Gasteiger partial charge in [0.05, 0.1) is 18.5 Å². The molecule has 2 aromatic rings. The van der Waals surface area contributed by atoms with Crippen LogP contribution in [0.3, 0.4) is 0 Å². The molecule has 0 fully saturated rings. The topological polar surface area (TPSA) is 84.2 Å². The number of sulfonamides is 1. The molecule has 2 N–H and O–H groups in total. The number of nitrogens with one attached hydrogen (secondary N) is 1. The smallest absolute Gasteiger partial charge is 0.263 e. The summed E-state index contributed by atoms with van der Waals surface area (Å²) in [6.07, 6.45) is 3.54.